The van der Waals surface area contributed by atoms with E-state index in [9.17, 15) is 0 Å². The summed E-state index contributed by atoms with van der Waals surface area (Å²) in [4.78, 5) is 0. The summed E-state index contributed by atoms with van der Waals surface area (Å²) in [7, 11) is 0. The number of alkyl halides is 2. The van der Waals surface area contributed by atoms with E-state index >= 15 is 0 Å². The molecule has 0 spiro atoms. The third kappa shape index (κ3) is 2.67. The highest BCUT2D eigenvalue weighted by atomic mass is 127. The lowest BCUT2D eigenvalue weighted by atomic mass is 10.3. The number of halogens is 3. The van der Waals surface area contributed by atoms with Crippen LogP contribution >= 0.6 is 45.8 Å². The van der Waals surface area contributed by atoms with Crippen molar-refractivity contribution in [3.8, 4) is 0 Å². The highest BCUT2D eigenvalue weighted by molar-refractivity contribution is 14.1. The van der Waals surface area contributed by atoms with E-state index in [1.165, 1.54) is 3.57 Å². The highest BCUT2D eigenvalue weighted by Crippen LogP contribution is 2.52. The zero-order valence-corrected chi connectivity index (χ0v) is 11.1. The van der Waals surface area contributed by atoms with Gasteiger partial charge in [-0.3, -0.25) is 0 Å². The van der Waals surface area contributed by atoms with Crippen molar-refractivity contribution < 1.29 is 0 Å². The van der Waals surface area contributed by atoms with E-state index in [1.54, 1.807) is 0 Å². The van der Waals surface area contributed by atoms with Crippen LogP contribution < -0.4 is 5.32 Å². The van der Waals surface area contributed by atoms with Gasteiger partial charge in [0.2, 0.25) is 0 Å². The first kappa shape index (κ1) is 10.8. The van der Waals surface area contributed by atoms with Crippen LogP contribution in [0.5, 0.6) is 0 Å². The van der Waals surface area contributed by atoms with Crippen molar-refractivity contribution in [2.45, 2.75) is 10.8 Å². The van der Waals surface area contributed by atoms with E-state index in [0.717, 1.165) is 18.7 Å². The highest BCUT2D eigenvalue weighted by Gasteiger charge is 2.51. The van der Waals surface area contributed by atoms with Gasteiger partial charge in [0.1, 0.15) is 4.33 Å². The van der Waals surface area contributed by atoms with Gasteiger partial charge < -0.3 is 5.32 Å². The average Bonchev–Trinajstić information content (AvgIpc) is 2.71. The molecule has 76 valence electrons. The van der Waals surface area contributed by atoms with Crippen molar-refractivity contribution in [2.24, 2.45) is 5.92 Å². The van der Waals surface area contributed by atoms with Crippen LogP contribution in [0.2, 0.25) is 0 Å². The maximum Gasteiger partial charge on any atom is 0.123 e. The SMILES string of the molecule is ClC1(Cl)CC1CNc1cccc(I)c1. The van der Waals surface area contributed by atoms with E-state index in [0.29, 0.717) is 5.92 Å². The molecule has 0 radical (unpaired) electrons. The number of hydrogen-bond donors (Lipinski definition) is 1. The van der Waals surface area contributed by atoms with Gasteiger partial charge in [-0.1, -0.05) is 6.07 Å². The number of anilines is 1. The van der Waals surface area contributed by atoms with Crippen LogP contribution in [0.1, 0.15) is 6.42 Å². The Morgan fingerprint density at radius 2 is 2.21 bits per heavy atom. The molecule has 0 saturated heterocycles. The Bertz CT molecular complexity index is 341. The van der Waals surface area contributed by atoms with Gasteiger partial charge in [0.05, 0.1) is 0 Å². The minimum absolute atomic E-state index is 0.392. The van der Waals surface area contributed by atoms with E-state index in [-0.39, 0.29) is 0 Å². The summed E-state index contributed by atoms with van der Waals surface area (Å²) < 4.78 is 0.751. The Hall–Kier alpha value is 0.330. The molecular formula is C10H10Cl2IN. The monoisotopic (exact) mass is 341 g/mol. The van der Waals surface area contributed by atoms with E-state index in [1.807, 2.05) is 6.07 Å². The molecule has 0 aromatic heterocycles. The standard InChI is InChI=1S/C10H10Cl2IN/c11-10(12)5-7(10)6-14-9-3-1-2-8(13)4-9/h1-4,7,14H,5-6H2. The summed E-state index contributed by atoms with van der Waals surface area (Å²) in [6, 6.07) is 8.25. The Balaban J connectivity index is 1.87. The Kier molecular flexibility index (Phi) is 3.15. The van der Waals surface area contributed by atoms with Gasteiger partial charge in [-0.2, -0.15) is 0 Å². The molecule has 0 amide bonds. The molecule has 0 heterocycles. The summed E-state index contributed by atoms with van der Waals surface area (Å²) in [6.07, 6.45) is 0.896. The molecule has 0 bridgehead atoms. The summed E-state index contributed by atoms with van der Waals surface area (Å²) in [5.74, 6) is 0.392. The lowest BCUT2D eigenvalue weighted by molar-refractivity contribution is 0.875. The Labute approximate surface area is 107 Å². The number of nitrogens with one attached hydrogen (secondary N) is 1. The second-order valence-corrected chi connectivity index (χ2v) is 6.34. The van der Waals surface area contributed by atoms with Gasteiger partial charge in [0, 0.05) is 21.7 Å². The van der Waals surface area contributed by atoms with Gasteiger partial charge >= 0.3 is 0 Å². The topological polar surface area (TPSA) is 12.0 Å². The normalized spacial score (nSPS) is 23.2. The third-order valence-electron chi connectivity index (χ3n) is 2.33. The number of hydrogen-bond acceptors (Lipinski definition) is 1. The van der Waals surface area contributed by atoms with Crippen molar-refractivity contribution in [1.82, 2.24) is 0 Å². The van der Waals surface area contributed by atoms with Gasteiger partial charge in [-0.05, 0) is 47.2 Å². The van der Waals surface area contributed by atoms with Crippen molar-refractivity contribution in [3.63, 3.8) is 0 Å². The Morgan fingerprint density at radius 1 is 1.50 bits per heavy atom. The van der Waals surface area contributed by atoms with Crippen LogP contribution in [-0.4, -0.2) is 10.9 Å². The minimum atomic E-state index is -0.477. The quantitative estimate of drug-likeness (QED) is 0.649. The fourth-order valence-corrected chi connectivity index (χ4v) is 2.40. The van der Waals surface area contributed by atoms with E-state index in [2.05, 4.69) is 46.1 Å². The predicted molar refractivity (Wildman–Crippen MR) is 70.2 cm³/mol. The van der Waals surface area contributed by atoms with Gasteiger partial charge in [-0.15, -0.1) is 23.2 Å². The molecule has 1 N–H and O–H groups in total. The molecule has 1 aliphatic rings. The first-order valence-electron chi connectivity index (χ1n) is 4.45. The van der Waals surface area contributed by atoms with Gasteiger partial charge in [0.25, 0.3) is 0 Å². The summed E-state index contributed by atoms with van der Waals surface area (Å²) in [6.45, 7) is 0.854. The van der Waals surface area contributed by atoms with Crippen LogP contribution in [0.25, 0.3) is 0 Å². The van der Waals surface area contributed by atoms with Crippen molar-refractivity contribution in [2.75, 3.05) is 11.9 Å². The molecule has 2 rings (SSSR count). The van der Waals surface area contributed by atoms with Crippen molar-refractivity contribution in [1.29, 1.82) is 0 Å². The number of benzene rings is 1. The molecule has 1 fully saturated rings. The van der Waals surface area contributed by atoms with Crippen molar-refractivity contribution >= 4 is 51.5 Å². The lowest BCUT2D eigenvalue weighted by Crippen LogP contribution is -2.07. The molecule has 1 atom stereocenters. The van der Waals surface area contributed by atoms with E-state index in [4.69, 9.17) is 23.2 Å². The van der Waals surface area contributed by atoms with Gasteiger partial charge in [-0.25, -0.2) is 0 Å². The molecule has 1 saturated carbocycles. The molecule has 0 aliphatic heterocycles. The average molecular weight is 342 g/mol. The maximum atomic E-state index is 5.93. The summed E-state index contributed by atoms with van der Waals surface area (Å²) in [5, 5.41) is 3.33. The zero-order chi connectivity index (χ0) is 10.2. The molecule has 1 aromatic carbocycles. The van der Waals surface area contributed by atoms with Crippen molar-refractivity contribution in [3.05, 3.63) is 27.8 Å². The summed E-state index contributed by atoms with van der Waals surface area (Å²) >= 11 is 14.2. The molecule has 1 aromatic rings. The van der Waals surface area contributed by atoms with Crippen LogP contribution in [-0.2, 0) is 0 Å². The van der Waals surface area contributed by atoms with Gasteiger partial charge in [0.15, 0.2) is 0 Å². The first-order chi connectivity index (χ1) is 6.58. The fraction of sp³-hybridized carbons (Fsp3) is 0.400. The molecule has 1 unspecified atom stereocenters. The Morgan fingerprint density at radius 3 is 2.79 bits per heavy atom. The minimum Gasteiger partial charge on any atom is -0.385 e. The van der Waals surface area contributed by atoms with Crippen LogP contribution in [0, 0.1) is 9.49 Å². The number of rotatable bonds is 3. The molecule has 14 heavy (non-hydrogen) atoms. The lowest BCUT2D eigenvalue weighted by Gasteiger charge is -2.06. The maximum absolute atomic E-state index is 5.93. The van der Waals surface area contributed by atoms with Crippen LogP contribution in [0.3, 0.4) is 0 Å². The zero-order valence-electron chi connectivity index (χ0n) is 7.43. The second-order valence-electron chi connectivity index (χ2n) is 3.55. The molecule has 4 heteroatoms. The third-order valence-corrected chi connectivity index (χ3v) is 3.93. The molecule has 1 aliphatic carbocycles. The van der Waals surface area contributed by atoms with Crippen LogP contribution in [0.15, 0.2) is 24.3 Å². The second kappa shape index (κ2) is 4.06. The summed E-state index contributed by atoms with van der Waals surface area (Å²) in [5.41, 5.74) is 1.13. The fourth-order valence-electron chi connectivity index (χ4n) is 1.33. The van der Waals surface area contributed by atoms with Crippen LogP contribution in [0.4, 0.5) is 5.69 Å². The predicted octanol–water partition coefficient (Wildman–Crippen LogP) is 3.90. The molecule has 1 nitrogen and oxygen atoms in total. The first-order valence-corrected chi connectivity index (χ1v) is 6.29. The largest absolute Gasteiger partial charge is 0.385 e. The smallest absolute Gasteiger partial charge is 0.123 e. The van der Waals surface area contributed by atoms with E-state index < -0.39 is 4.33 Å². The molecular weight excluding hydrogens is 332 g/mol.